The largest absolute Gasteiger partial charge is 0.309 e. The van der Waals surface area contributed by atoms with Crippen LogP contribution in [-0.4, -0.2) is 9.97 Å². The lowest BCUT2D eigenvalue weighted by atomic mass is 9.97. The lowest BCUT2D eigenvalue weighted by Gasteiger charge is -2.09. The number of H-pyrrole nitrogens is 1. The summed E-state index contributed by atoms with van der Waals surface area (Å²) in [6.45, 7) is 0. The Morgan fingerprint density at radius 2 is 2.00 bits per heavy atom. The van der Waals surface area contributed by atoms with Gasteiger partial charge in [0.25, 0.3) is 5.56 Å². The predicted molar refractivity (Wildman–Crippen MR) is 92.9 cm³/mol. The highest BCUT2D eigenvalue weighted by atomic mass is 32.2. The van der Waals surface area contributed by atoms with Crippen molar-refractivity contribution in [3.63, 3.8) is 0 Å². The molecular weight excluding hydrogens is 312 g/mol. The molecule has 0 saturated carbocycles. The molecule has 0 saturated heterocycles. The molecule has 0 unspecified atom stereocenters. The summed E-state index contributed by atoms with van der Waals surface area (Å²) >= 11 is 3.41. The molecule has 0 fully saturated rings. The van der Waals surface area contributed by atoms with E-state index in [1.165, 1.54) is 28.2 Å². The number of aromatic nitrogens is 2. The van der Waals surface area contributed by atoms with Gasteiger partial charge < -0.3 is 4.98 Å². The highest BCUT2D eigenvalue weighted by molar-refractivity contribution is 7.98. The quantitative estimate of drug-likeness (QED) is 0.735. The number of nitrogens with zero attached hydrogens (tertiary/aromatic N) is 1. The average Bonchev–Trinajstić information content (AvgIpc) is 2.92. The Morgan fingerprint density at radius 1 is 1.18 bits per heavy atom. The molecule has 112 valence electrons. The molecule has 22 heavy (non-hydrogen) atoms. The van der Waals surface area contributed by atoms with E-state index in [1.807, 2.05) is 18.2 Å². The van der Waals surface area contributed by atoms with Gasteiger partial charge in [-0.25, -0.2) is 4.98 Å². The molecule has 0 atom stereocenters. The van der Waals surface area contributed by atoms with E-state index < -0.39 is 0 Å². The number of hydrogen-bond donors (Lipinski definition) is 1. The Labute approximate surface area is 136 Å². The van der Waals surface area contributed by atoms with Gasteiger partial charge >= 0.3 is 0 Å². The molecule has 0 radical (unpaired) electrons. The van der Waals surface area contributed by atoms with Crippen molar-refractivity contribution in [3.05, 3.63) is 57.0 Å². The summed E-state index contributed by atoms with van der Waals surface area (Å²) in [5.41, 5.74) is 1.29. The van der Waals surface area contributed by atoms with Gasteiger partial charge in [-0.2, -0.15) is 0 Å². The molecule has 2 aromatic heterocycles. The van der Waals surface area contributed by atoms with Gasteiger partial charge in [-0.15, -0.1) is 23.1 Å². The summed E-state index contributed by atoms with van der Waals surface area (Å²) in [6.07, 6.45) is 4.54. The summed E-state index contributed by atoms with van der Waals surface area (Å²) in [4.78, 5) is 23.6. The van der Waals surface area contributed by atoms with E-state index in [0.29, 0.717) is 5.75 Å². The maximum absolute atomic E-state index is 12.4. The van der Waals surface area contributed by atoms with E-state index in [0.717, 1.165) is 28.9 Å². The minimum atomic E-state index is 0.0352. The van der Waals surface area contributed by atoms with Crippen molar-refractivity contribution in [3.8, 4) is 0 Å². The molecule has 0 aliphatic heterocycles. The first-order chi connectivity index (χ1) is 10.8. The van der Waals surface area contributed by atoms with Crippen LogP contribution in [0.1, 0.15) is 29.1 Å². The number of aromatic amines is 1. The fourth-order valence-electron chi connectivity index (χ4n) is 2.95. The lowest BCUT2D eigenvalue weighted by Crippen LogP contribution is -2.12. The van der Waals surface area contributed by atoms with Gasteiger partial charge in [0.1, 0.15) is 10.7 Å². The van der Waals surface area contributed by atoms with Crippen LogP contribution < -0.4 is 5.56 Å². The second kappa shape index (κ2) is 5.89. The van der Waals surface area contributed by atoms with E-state index in [-0.39, 0.29) is 5.56 Å². The molecule has 1 aromatic carbocycles. The number of fused-ring (bicyclic) bond motifs is 3. The minimum absolute atomic E-state index is 0.0352. The van der Waals surface area contributed by atoms with E-state index in [4.69, 9.17) is 4.98 Å². The van der Waals surface area contributed by atoms with Gasteiger partial charge in [0.05, 0.1) is 11.1 Å². The van der Waals surface area contributed by atoms with E-state index in [2.05, 4.69) is 17.1 Å². The Kier molecular flexibility index (Phi) is 3.76. The third-order valence-corrected chi connectivity index (χ3v) is 6.20. The van der Waals surface area contributed by atoms with Crippen LogP contribution in [0, 0.1) is 0 Å². The van der Waals surface area contributed by atoms with E-state index in [9.17, 15) is 4.79 Å². The Balaban J connectivity index is 1.67. The van der Waals surface area contributed by atoms with Crippen LogP contribution in [0.2, 0.25) is 0 Å². The summed E-state index contributed by atoms with van der Waals surface area (Å²) < 4.78 is 0. The Hall–Kier alpha value is -1.59. The molecule has 3 nitrogen and oxygen atoms in total. The molecule has 1 aliphatic carbocycles. The maximum Gasteiger partial charge on any atom is 0.259 e. The zero-order valence-corrected chi connectivity index (χ0v) is 13.7. The highest BCUT2D eigenvalue weighted by Gasteiger charge is 2.19. The second-order valence-corrected chi connectivity index (χ2v) is 7.64. The van der Waals surface area contributed by atoms with Crippen molar-refractivity contribution in [1.29, 1.82) is 0 Å². The summed E-state index contributed by atoms with van der Waals surface area (Å²) in [6, 6.07) is 10.2. The van der Waals surface area contributed by atoms with Crippen LogP contribution in [0.15, 0.2) is 40.0 Å². The number of thioether (sulfide) groups is 1. The number of nitrogens with one attached hydrogen (secondary N) is 1. The van der Waals surface area contributed by atoms with E-state index >= 15 is 0 Å². The van der Waals surface area contributed by atoms with Crippen molar-refractivity contribution >= 4 is 33.3 Å². The molecule has 1 N–H and O–H groups in total. The monoisotopic (exact) mass is 328 g/mol. The van der Waals surface area contributed by atoms with Gasteiger partial charge in [-0.05, 0) is 43.4 Å². The SMILES string of the molecule is O=c1[nH]c(CSc2ccccc2)nc2sc3c(c12)CCCC3. The van der Waals surface area contributed by atoms with Crippen molar-refractivity contribution in [2.75, 3.05) is 0 Å². The van der Waals surface area contributed by atoms with Crippen LogP contribution in [0.4, 0.5) is 0 Å². The number of hydrogen-bond acceptors (Lipinski definition) is 4. The summed E-state index contributed by atoms with van der Waals surface area (Å²) in [5, 5.41) is 0.841. The molecule has 3 aromatic rings. The van der Waals surface area contributed by atoms with Crippen LogP contribution in [0.5, 0.6) is 0 Å². The molecule has 2 heterocycles. The van der Waals surface area contributed by atoms with Gasteiger partial charge in [-0.1, -0.05) is 18.2 Å². The van der Waals surface area contributed by atoms with Gasteiger partial charge in [0.2, 0.25) is 0 Å². The fourth-order valence-corrected chi connectivity index (χ4v) is 5.02. The first-order valence-electron chi connectivity index (χ1n) is 7.52. The van der Waals surface area contributed by atoms with E-state index in [1.54, 1.807) is 23.1 Å². The number of rotatable bonds is 3. The van der Waals surface area contributed by atoms with Crippen LogP contribution in [-0.2, 0) is 18.6 Å². The number of thiophene rings is 1. The van der Waals surface area contributed by atoms with Crippen molar-refractivity contribution < 1.29 is 0 Å². The fraction of sp³-hybridized carbons (Fsp3) is 0.294. The first kappa shape index (κ1) is 14.0. The molecule has 0 bridgehead atoms. The predicted octanol–water partition coefficient (Wildman–Crippen LogP) is 4.16. The summed E-state index contributed by atoms with van der Waals surface area (Å²) in [5.74, 6) is 1.46. The highest BCUT2D eigenvalue weighted by Crippen LogP contribution is 2.33. The number of benzene rings is 1. The average molecular weight is 328 g/mol. The van der Waals surface area contributed by atoms with Crippen LogP contribution in [0.25, 0.3) is 10.2 Å². The van der Waals surface area contributed by atoms with Crippen molar-refractivity contribution in [2.24, 2.45) is 0 Å². The van der Waals surface area contributed by atoms with Gasteiger partial charge in [0.15, 0.2) is 0 Å². The van der Waals surface area contributed by atoms with Gasteiger partial charge in [-0.3, -0.25) is 4.79 Å². The zero-order valence-electron chi connectivity index (χ0n) is 12.1. The second-order valence-electron chi connectivity index (χ2n) is 5.51. The molecule has 0 amide bonds. The minimum Gasteiger partial charge on any atom is -0.309 e. The topological polar surface area (TPSA) is 45.8 Å². The third kappa shape index (κ3) is 2.59. The standard InChI is InChI=1S/C17H16N2OS2/c20-16-15-12-8-4-5-9-13(12)22-17(15)19-14(18-16)10-21-11-6-2-1-3-7-11/h1-3,6-7H,4-5,8-10H2,(H,18,19,20). The lowest BCUT2D eigenvalue weighted by molar-refractivity contribution is 0.700. The Morgan fingerprint density at radius 3 is 2.86 bits per heavy atom. The summed E-state index contributed by atoms with van der Waals surface area (Å²) in [7, 11) is 0. The number of aryl methyl sites for hydroxylation is 2. The normalized spacial score (nSPS) is 14.2. The maximum atomic E-state index is 12.4. The smallest absolute Gasteiger partial charge is 0.259 e. The van der Waals surface area contributed by atoms with Crippen LogP contribution >= 0.6 is 23.1 Å². The molecule has 1 aliphatic rings. The zero-order chi connectivity index (χ0) is 14.9. The van der Waals surface area contributed by atoms with Crippen molar-refractivity contribution in [2.45, 2.75) is 36.3 Å². The molecule has 0 spiro atoms. The first-order valence-corrected chi connectivity index (χ1v) is 9.33. The molecular formula is C17H16N2OS2. The molecule has 5 heteroatoms. The third-order valence-electron chi connectivity index (χ3n) is 3.99. The molecule has 4 rings (SSSR count). The van der Waals surface area contributed by atoms with Crippen molar-refractivity contribution in [1.82, 2.24) is 9.97 Å². The van der Waals surface area contributed by atoms with Gasteiger partial charge in [0, 0.05) is 9.77 Å². The Bertz CT molecular complexity index is 867. The van der Waals surface area contributed by atoms with Crippen LogP contribution in [0.3, 0.4) is 0 Å².